The Morgan fingerprint density at radius 3 is 2.81 bits per heavy atom. The molecule has 3 heteroatoms. The summed E-state index contributed by atoms with van der Waals surface area (Å²) in [6.07, 6.45) is 3.63. The Kier molecular flexibility index (Phi) is 3.05. The Bertz CT molecular complexity index is 454. The van der Waals surface area contributed by atoms with Crippen LogP contribution in [0.2, 0.25) is 0 Å². The molecule has 0 radical (unpaired) electrons. The van der Waals surface area contributed by atoms with E-state index in [1.54, 1.807) is 6.20 Å². The highest BCUT2D eigenvalue weighted by atomic mass is 15.1. The van der Waals surface area contributed by atoms with E-state index in [-0.39, 0.29) is 0 Å². The number of benzene rings is 1. The number of hydrogen-bond donors (Lipinski definition) is 1. The number of hydrogen-bond acceptors (Lipinski definition) is 3. The van der Waals surface area contributed by atoms with Gasteiger partial charge in [0.05, 0.1) is 11.9 Å². The van der Waals surface area contributed by atoms with Gasteiger partial charge in [-0.25, -0.2) is 0 Å². The van der Waals surface area contributed by atoms with Gasteiger partial charge in [0.25, 0.3) is 0 Å². The average molecular weight is 213 g/mol. The van der Waals surface area contributed by atoms with E-state index in [0.29, 0.717) is 0 Å². The van der Waals surface area contributed by atoms with Gasteiger partial charge in [0.2, 0.25) is 0 Å². The Balaban J connectivity index is 2.11. The maximum Gasteiger partial charge on any atom is 0.0553 e. The van der Waals surface area contributed by atoms with Gasteiger partial charge in [-0.3, -0.25) is 4.98 Å². The zero-order valence-electron chi connectivity index (χ0n) is 9.30. The van der Waals surface area contributed by atoms with E-state index < -0.39 is 0 Å². The highest BCUT2D eigenvalue weighted by molar-refractivity contribution is 5.46. The fourth-order valence-corrected chi connectivity index (χ4v) is 1.64. The summed E-state index contributed by atoms with van der Waals surface area (Å²) in [5, 5.41) is 0. The molecule has 0 saturated carbocycles. The molecule has 0 spiro atoms. The predicted octanol–water partition coefficient (Wildman–Crippen LogP) is 2.30. The first-order valence-corrected chi connectivity index (χ1v) is 5.21. The smallest absolute Gasteiger partial charge is 0.0553 e. The molecule has 82 valence electrons. The van der Waals surface area contributed by atoms with Gasteiger partial charge in [0.15, 0.2) is 0 Å². The molecule has 16 heavy (non-hydrogen) atoms. The van der Waals surface area contributed by atoms with Gasteiger partial charge < -0.3 is 10.6 Å². The lowest BCUT2D eigenvalue weighted by atomic mass is 10.2. The highest BCUT2D eigenvalue weighted by Gasteiger charge is 2.01. The van der Waals surface area contributed by atoms with Crippen molar-refractivity contribution in [3.8, 4) is 0 Å². The van der Waals surface area contributed by atoms with Crippen LogP contribution < -0.4 is 10.6 Å². The Morgan fingerprint density at radius 1 is 1.25 bits per heavy atom. The van der Waals surface area contributed by atoms with Crippen molar-refractivity contribution in [2.24, 2.45) is 0 Å². The Morgan fingerprint density at radius 2 is 2.12 bits per heavy atom. The van der Waals surface area contributed by atoms with E-state index in [0.717, 1.165) is 17.9 Å². The van der Waals surface area contributed by atoms with Gasteiger partial charge in [-0.05, 0) is 29.8 Å². The molecule has 1 heterocycles. The summed E-state index contributed by atoms with van der Waals surface area (Å²) >= 11 is 0. The van der Waals surface area contributed by atoms with Gasteiger partial charge in [-0.1, -0.05) is 12.1 Å². The van der Waals surface area contributed by atoms with Crippen LogP contribution in [0.25, 0.3) is 0 Å². The SMILES string of the molecule is CN(Cc1cccc(N)c1)c1cccnc1. The van der Waals surface area contributed by atoms with Crippen LogP contribution in [0.1, 0.15) is 5.56 Å². The molecule has 0 bridgehead atoms. The summed E-state index contributed by atoms with van der Waals surface area (Å²) in [5.41, 5.74) is 8.85. The number of aromatic nitrogens is 1. The molecule has 0 aliphatic rings. The third kappa shape index (κ3) is 2.51. The first-order valence-electron chi connectivity index (χ1n) is 5.21. The highest BCUT2D eigenvalue weighted by Crippen LogP contribution is 2.14. The molecule has 0 saturated heterocycles. The lowest BCUT2D eigenvalue weighted by molar-refractivity contribution is 0.918. The fourth-order valence-electron chi connectivity index (χ4n) is 1.64. The standard InChI is InChI=1S/C13H15N3/c1-16(13-6-3-7-15-9-13)10-11-4-2-5-12(14)8-11/h2-9H,10,14H2,1H3. The summed E-state index contributed by atoms with van der Waals surface area (Å²) in [6.45, 7) is 0.830. The number of rotatable bonds is 3. The minimum absolute atomic E-state index is 0.803. The van der Waals surface area contributed by atoms with E-state index in [1.165, 1.54) is 5.56 Å². The topological polar surface area (TPSA) is 42.1 Å². The van der Waals surface area contributed by atoms with Gasteiger partial charge in [-0.15, -0.1) is 0 Å². The van der Waals surface area contributed by atoms with Crippen molar-refractivity contribution < 1.29 is 0 Å². The largest absolute Gasteiger partial charge is 0.399 e. The number of nitrogen functional groups attached to an aromatic ring is 1. The van der Waals surface area contributed by atoms with E-state index in [9.17, 15) is 0 Å². The van der Waals surface area contributed by atoms with Crippen molar-refractivity contribution in [2.45, 2.75) is 6.54 Å². The van der Waals surface area contributed by atoms with Gasteiger partial charge in [-0.2, -0.15) is 0 Å². The molecule has 0 fully saturated rings. The molecule has 0 atom stereocenters. The summed E-state index contributed by atoms with van der Waals surface area (Å²) in [6, 6.07) is 11.9. The Labute approximate surface area is 95.5 Å². The van der Waals surface area contributed by atoms with Gasteiger partial charge in [0, 0.05) is 25.5 Å². The molecule has 2 aromatic rings. The summed E-state index contributed by atoms with van der Waals surface area (Å²) in [4.78, 5) is 6.24. The summed E-state index contributed by atoms with van der Waals surface area (Å²) in [7, 11) is 2.04. The number of anilines is 2. The van der Waals surface area contributed by atoms with Gasteiger partial charge >= 0.3 is 0 Å². The average Bonchev–Trinajstić information content (AvgIpc) is 2.30. The number of nitrogens with zero attached hydrogens (tertiary/aromatic N) is 2. The van der Waals surface area contributed by atoms with Crippen LogP contribution in [-0.2, 0) is 6.54 Å². The third-order valence-electron chi connectivity index (χ3n) is 2.46. The molecular formula is C13H15N3. The molecule has 3 nitrogen and oxygen atoms in total. The quantitative estimate of drug-likeness (QED) is 0.795. The van der Waals surface area contributed by atoms with E-state index in [1.807, 2.05) is 43.6 Å². The summed E-state index contributed by atoms with van der Waals surface area (Å²) in [5.74, 6) is 0. The number of pyridine rings is 1. The van der Waals surface area contributed by atoms with Crippen LogP contribution >= 0.6 is 0 Å². The lowest BCUT2D eigenvalue weighted by Gasteiger charge is -2.18. The molecule has 2 rings (SSSR count). The Hall–Kier alpha value is -2.03. The number of nitrogens with two attached hydrogens (primary N) is 1. The van der Waals surface area contributed by atoms with Crippen LogP contribution in [0.5, 0.6) is 0 Å². The van der Waals surface area contributed by atoms with E-state index in [2.05, 4.69) is 16.0 Å². The van der Waals surface area contributed by atoms with Crippen LogP contribution in [-0.4, -0.2) is 12.0 Å². The van der Waals surface area contributed by atoms with Crippen LogP contribution in [0.4, 0.5) is 11.4 Å². The molecule has 0 amide bonds. The van der Waals surface area contributed by atoms with Crippen molar-refractivity contribution in [2.75, 3.05) is 17.7 Å². The zero-order valence-corrected chi connectivity index (χ0v) is 9.30. The third-order valence-corrected chi connectivity index (χ3v) is 2.46. The zero-order chi connectivity index (χ0) is 11.4. The molecule has 1 aromatic carbocycles. The molecular weight excluding hydrogens is 198 g/mol. The monoisotopic (exact) mass is 213 g/mol. The molecule has 0 aliphatic carbocycles. The molecule has 2 N–H and O–H groups in total. The van der Waals surface area contributed by atoms with Crippen molar-refractivity contribution in [3.63, 3.8) is 0 Å². The van der Waals surface area contributed by atoms with Crippen LogP contribution in [0, 0.1) is 0 Å². The minimum Gasteiger partial charge on any atom is -0.399 e. The van der Waals surface area contributed by atoms with Crippen LogP contribution in [0.3, 0.4) is 0 Å². The predicted molar refractivity (Wildman–Crippen MR) is 67.2 cm³/mol. The fraction of sp³-hybridized carbons (Fsp3) is 0.154. The lowest BCUT2D eigenvalue weighted by Crippen LogP contribution is -2.16. The molecule has 1 aromatic heterocycles. The summed E-state index contributed by atoms with van der Waals surface area (Å²) < 4.78 is 0. The first-order chi connectivity index (χ1) is 7.75. The molecule has 0 aliphatic heterocycles. The second kappa shape index (κ2) is 4.66. The van der Waals surface area contributed by atoms with Crippen molar-refractivity contribution in [1.29, 1.82) is 0 Å². The maximum atomic E-state index is 5.74. The van der Waals surface area contributed by atoms with E-state index >= 15 is 0 Å². The van der Waals surface area contributed by atoms with Crippen molar-refractivity contribution >= 4 is 11.4 Å². The first kappa shape index (κ1) is 10.5. The second-order valence-electron chi connectivity index (χ2n) is 3.81. The van der Waals surface area contributed by atoms with Gasteiger partial charge in [0.1, 0.15) is 0 Å². The van der Waals surface area contributed by atoms with Crippen LogP contribution in [0.15, 0.2) is 48.8 Å². The minimum atomic E-state index is 0.803. The normalized spacial score (nSPS) is 10.1. The van der Waals surface area contributed by atoms with Crippen molar-refractivity contribution in [3.05, 3.63) is 54.4 Å². The van der Waals surface area contributed by atoms with Crippen molar-refractivity contribution in [1.82, 2.24) is 4.98 Å². The molecule has 0 unspecified atom stereocenters. The van der Waals surface area contributed by atoms with E-state index in [4.69, 9.17) is 5.73 Å². The maximum absolute atomic E-state index is 5.74. The second-order valence-corrected chi connectivity index (χ2v) is 3.81.